The van der Waals surface area contributed by atoms with E-state index in [4.69, 9.17) is 9.15 Å². The quantitative estimate of drug-likeness (QED) is 0.547. The third-order valence-electron chi connectivity index (χ3n) is 5.35. The van der Waals surface area contributed by atoms with Crippen LogP contribution in [0.1, 0.15) is 65.0 Å². The standard InChI is InChI=1S/C23H25NO4S/c1-4-27-23(26)21-16-6-5-7-19(16)29-22(21)24-20(25)11-15-12-28-18-9-8-14(13(2)3)10-17(15)18/h8-10,12-13H,4-7,11H2,1-3H3,(H,24,25). The number of fused-ring (bicyclic) bond motifs is 2. The van der Waals surface area contributed by atoms with E-state index in [1.807, 2.05) is 6.07 Å². The van der Waals surface area contributed by atoms with E-state index in [0.717, 1.165) is 41.4 Å². The largest absolute Gasteiger partial charge is 0.464 e. The van der Waals surface area contributed by atoms with E-state index in [1.165, 1.54) is 21.8 Å². The van der Waals surface area contributed by atoms with Crippen molar-refractivity contribution in [2.45, 2.75) is 52.4 Å². The van der Waals surface area contributed by atoms with Gasteiger partial charge in [0.2, 0.25) is 5.91 Å². The van der Waals surface area contributed by atoms with Gasteiger partial charge in [0, 0.05) is 15.8 Å². The predicted molar refractivity (Wildman–Crippen MR) is 115 cm³/mol. The molecular formula is C23H25NO4S. The molecule has 1 N–H and O–H groups in total. The lowest BCUT2D eigenvalue weighted by Crippen LogP contribution is -2.16. The van der Waals surface area contributed by atoms with Gasteiger partial charge in [0.1, 0.15) is 10.6 Å². The maximum Gasteiger partial charge on any atom is 0.341 e. The number of nitrogens with one attached hydrogen (secondary N) is 1. The highest BCUT2D eigenvalue weighted by atomic mass is 32.1. The molecule has 4 rings (SSSR count). The zero-order valence-corrected chi connectivity index (χ0v) is 17.8. The number of thiophene rings is 1. The van der Waals surface area contributed by atoms with Crippen LogP contribution >= 0.6 is 11.3 Å². The molecule has 1 aliphatic carbocycles. The lowest BCUT2D eigenvalue weighted by Gasteiger charge is -2.08. The highest BCUT2D eigenvalue weighted by Gasteiger charge is 2.28. The van der Waals surface area contributed by atoms with Crippen molar-refractivity contribution in [2.75, 3.05) is 11.9 Å². The number of ether oxygens (including phenoxy) is 1. The molecule has 5 nitrogen and oxygen atoms in total. The van der Waals surface area contributed by atoms with Crippen molar-refractivity contribution in [1.29, 1.82) is 0 Å². The van der Waals surface area contributed by atoms with Crippen molar-refractivity contribution in [3.05, 3.63) is 51.6 Å². The monoisotopic (exact) mass is 411 g/mol. The van der Waals surface area contributed by atoms with E-state index in [-0.39, 0.29) is 18.3 Å². The Hall–Kier alpha value is -2.60. The average molecular weight is 412 g/mol. The first kappa shape index (κ1) is 19.7. The van der Waals surface area contributed by atoms with Crippen LogP contribution in [0.25, 0.3) is 11.0 Å². The second-order valence-electron chi connectivity index (χ2n) is 7.68. The highest BCUT2D eigenvalue weighted by molar-refractivity contribution is 7.17. The molecule has 152 valence electrons. The van der Waals surface area contributed by atoms with Gasteiger partial charge < -0.3 is 14.5 Å². The van der Waals surface area contributed by atoms with Crippen molar-refractivity contribution in [3.63, 3.8) is 0 Å². The van der Waals surface area contributed by atoms with Gasteiger partial charge in [0.05, 0.1) is 24.9 Å². The van der Waals surface area contributed by atoms with Gasteiger partial charge in [-0.3, -0.25) is 4.79 Å². The molecule has 0 spiro atoms. The molecule has 0 unspecified atom stereocenters. The zero-order chi connectivity index (χ0) is 20.5. The maximum absolute atomic E-state index is 12.8. The average Bonchev–Trinajstić information content (AvgIpc) is 3.36. The van der Waals surface area contributed by atoms with E-state index in [9.17, 15) is 9.59 Å². The van der Waals surface area contributed by atoms with Crippen LogP contribution in [-0.2, 0) is 28.8 Å². The third-order valence-corrected chi connectivity index (χ3v) is 6.56. The topological polar surface area (TPSA) is 68.5 Å². The van der Waals surface area contributed by atoms with Crippen molar-refractivity contribution < 1.29 is 18.7 Å². The molecular weight excluding hydrogens is 386 g/mol. The molecule has 0 radical (unpaired) electrons. The molecule has 0 aliphatic heterocycles. The van der Waals surface area contributed by atoms with Crippen LogP contribution < -0.4 is 5.32 Å². The summed E-state index contributed by atoms with van der Waals surface area (Å²) >= 11 is 1.50. The number of amides is 1. The Morgan fingerprint density at radius 2 is 2.10 bits per heavy atom. The van der Waals surface area contributed by atoms with Crippen LogP contribution in [-0.4, -0.2) is 18.5 Å². The maximum atomic E-state index is 12.8. The van der Waals surface area contributed by atoms with E-state index in [2.05, 4.69) is 31.3 Å². The summed E-state index contributed by atoms with van der Waals surface area (Å²) in [5, 5.41) is 4.53. The molecule has 1 aromatic carbocycles. The SMILES string of the molecule is CCOC(=O)c1c(NC(=O)Cc2coc3ccc(C(C)C)cc23)sc2c1CCC2. The fourth-order valence-corrected chi connectivity index (χ4v) is 5.14. The van der Waals surface area contributed by atoms with Crippen LogP contribution in [0.3, 0.4) is 0 Å². The molecule has 0 fully saturated rings. The van der Waals surface area contributed by atoms with Gasteiger partial charge in [0.15, 0.2) is 0 Å². The highest BCUT2D eigenvalue weighted by Crippen LogP contribution is 2.39. The summed E-state index contributed by atoms with van der Waals surface area (Å²) in [6.07, 6.45) is 4.70. The van der Waals surface area contributed by atoms with E-state index in [1.54, 1.807) is 13.2 Å². The smallest absolute Gasteiger partial charge is 0.341 e. The van der Waals surface area contributed by atoms with Crippen LogP contribution in [0.15, 0.2) is 28.9 Å². The lowest BCUT2D eigenvalue weighted by atomic mass is 10.00. The van der Waals surface area contributed by atoms with Crippen molar-refractivity contribution in [3.8, 4) is 0 Å². The third kappa shape index (κ3) is 3.81. The number of esters is 1. The van der Waals surface area contributed by atoms with Gasteiger partial charge >= 0.3 is 5.97 Å². The summed E-state index contributed by atoms with van der Waals surface area (Å²) < 4.78 is 10.9. The molecule has 0 bridgehead atoms. The minimum absolute atomic E-state index is 0.159. The molecule has 0 saturated carbocycles. The zero-order valence-electron chi connectivity index (χ0n) is 17.0. The first-order valence-electron chi connectivity index (χ1n) is 10.1. The molecule has 2 aromatic heterocycles. The Bertz CT molecular complexity index is 1080. The lowest BCUT2D eigenvalue weighted by molar-refractivity contribution is -0.115. The summed E-state index contributed by atoms with van der Waals surface area (Å²) in [6.45, 7) is 6.38. The second-order valence-corrected chi connectivity index (χ2v) is 8.78. The number of anilines is 1. The van der Waals surface area contributed by atoms with Crippen molar-refractivity contribution in [1.82, 2.24) is 0 Å². The molecule has 29 heavy (non-hydrogen) atoms. The Balaban J connectivity index is 1.57. The van der Waals surface area contributed by atoms with E-state index in [0.29, 0.717) is 23.1 Å². The van der Waals surface area contributed by atoms with Gasteiger partial charge in [0.25, 0.3) is 0 Å². The van der Waals surface area contributed by atoms with Gasteiger partial charge in [-0.1, -0.05) is 19.9 Å². The van der Waals surface area contributed by atoms with Crippen molar-refractivity contribution in [2.24, 2.45) is 0 Å². The minimum Gasteiger partial charge on any atom is -0.464 e. The molecule has 2 heterocycles. The summed E-state index contributed by atoms with van der Waals surface area (Å²) in [5.41, 5.74) is 4.41. The Morgan fingerprint density at radius 1 is 1.28 bits per heavy atom. The first-order chi connectivity index (χ1) is 14.0. The summed E-state index contributed by atoms with van der Waals surface area (Å²) in [7, 11) is 0. The normalized spacial score (nSPS) is 13.1. The van der Waals surface area contributed by atoms with Crippen LogP contribution in [0.2, 0.25) is 0 Å². The number of hydrogen-bond donors (Lipinski definition) is 1. The molecule has 6 heteroatoms. The summed E-state index contributed by atoms with van der Waals surface area (Å²) in [6, 6.07) is 6.10. The first-order valence-corrected chi connectivity index (χ1v) is 10.9. The van der Waals surface area contributed by atoms with Gasteiger partial charge in [-0.15, -0.1) is 11.3 Å². The number of hydrogen-bond acceptors (Lipinski definition) is 5. The molecule has 3 aromatic rings. The van der Waals surface area contributed by atoms with Crippen molar-refractivity contribution >= 4 is 39.2 Å². The molecule has 0 saturated heterocycles. The molecule has 1 aliphatic rings. The van der Waals surface area contributed by atoms with E-state index < -0.39 is 0 Å². The number of furan rings is 1. The number of rotatable bonds is 6. The number of benzene rings is 1. The van der Waals surface area contributed by atoms with Gasteiger partial charge in [-0.05, 0) is 55.4 Å². The van der Waals surface area contributed by atoms with Gasteiger partial charge in [-0.2, -0.15) is 0 Å². The van der Waals surface area contributed by atoms with Gasteiger partial charge in [-0.25, -0.2) is 4.79 Å². The van der Waals surface area contributed by atoms with Crippen LogP contribution in [0.4, 0.5) is 5.00 Å². The van der Waals surface area contributed by atoms with Crippen LogP contribution in [0, 0.1) is 0 Å². The van der Waals surface area contributed by atoms with Crippen LogP contribution in [0.5, 0.6) is 0 Å². The molecule has 1 amide bonds. The predicted octanol–water partition coefficient (Wildman–Crippen LogP) is 5.46. The summed E-state index contributed by atoms with van der Waals surface area (Å²) in [5.74, 6) is -0.109. The number of carbonyl (C=O) groups excluding carboxylic acids is 2. The Morgan fingerprint density at radius 3 is 2.86 bits per heavy atom. The van der Waals surface area contributed by atoms with E-state index >= 15 is 0 Å². The minimum atomic E-state index is -0.350. The fraction of sp³-hybridized carbons (Fsp3) is 0.391. The second kappa shape index (κ2) is 8.03. The Labute approximate surface area is 174 Å². The Kier molecular flexibility index (Phi) is 5.46. The number of carbonyl (C=O) groups is 2. The molecule has 0 atom stereocenters. The number of aryl methyl sites for hydroxylation is 1. The fourth-order valence-electron chi connectivity index (χ4n) is 3.85. The summed E-state index contributed by atoms with van der Waals surface area (Å²) in [4.78, 5) is 26.5.